The third-order valence-corrected chi connectivity index (χ3v) is 8.50. The number of ether oxygens (including phenoxy) is 1. The first-order chi connectivity index (χ1) is 18.9. The van der Waals surface area contributed by atoms with Crippen molar-refractivity contribution >= 4 is 22.9 Å². The van der Waals surface area contributed by atoms with Gasteiger partial charge in [0.1, 0.15) is 5.78 Å². The molecule has 0 saturated heterocycles. The molecule has 1 saturated carbocycles. The van der Waals surface area contributed by atoms with E-state index in [9.17, 15) is 14.0 Å². The van der Waals surface area contributed by atoms with Gasteiger partial charge in [-0.1, -0.05) is 56.3 Å². The van der Waals surface area contributed by atoms with Gasteiger partial charge >= 0.3 is 0 Å². The van der Waals surface area contributed by atoms with E-state index in [0.29, 0.717) is 18.6 Å². The van der Waals surface area contributed by atoms with Crippen LogP contribution in [0, 0.1) is 23.6 Å². The minimum atomic E-state index is -0.385. The largest absolute Gasteiger partial charge is 0.494 e. The SMILES string of the molecule is CCC(=O)C1CCC(C(=O)c2ccc(CC3=CC=CC4C(c5ccc(OC)c(F)c5)=CN=C34)cc2CC)CC1. The van der Waals surface area contributed by atoms with Crippen LogP contribution in [-0.4, -0.2) is 24.4 Å². The highest BCUT2D eigenvalue weighted by atomic mass is 19.1. The second kappa shape index (κ2) is 11.6. The summed E-state index contributed by atoms with van der Waals surface area (Å²) in [5.41, 5.74) is 6.93. The average Bonchev–Trinajstić information content (AvgIpc) is 3.41. The number of hydrogen-bond donors (Lipinski definition) is 0. The number of allylic oxidation sites excluding steroid dienone is 5. The Hall–Kier alpha value is -3.60. The molecule has 0 radical (unpaired) electrons. The summed E-state index contributed by atoms with van der Waals surface area (Å²) in [6.45, 7) is 4.02. The minimum absolute atomic E-state index is 0.00846. The first-order valence-electron chi connectivity index (χ1n) is 14.1. The van der Waals surface area contributed by atoms with Gasteiger partial charge in [0.25, 0.3) is 0 Å². The van der Waals surface area contributed by atoms with Gasteiger partial charge in [0.05, 0.1) is 12.8 Å². The number of hydrogen-bond acceptors (Lipinski definition) is 4. The predicted octanol–water partition coefficient (Wildman–Crippen LogP) is 7.52. The molecule has 0 spiro atoms. The van der Waals surface area contributed by atoms with Gasteiger partial charge in [-0.15, -0.1) is 0 Å². The van der Waals surface area contributed by atoms with Crippen molar-refractivity contribution in [2.24, 2.45) is 22.7 Å². The van der Waals surface area contributed by atoms with Crippen molar-refractivity contribution in [1.82, 2.24) is 0 Å². The zero-order valence-corrected chi connectivity index (χ0v) is 23.0. The molecule has 0 bridgehead atoms. The Morgan fingerprint density at radius 1 is 1.03 bits per heavy atom. The van der Waals surface area contributed by atoms with E-state index in [2.05, 4.69) is 37.3 Å². The quantitative estimate of drug-likeness (QED) is 0.318. The van der Waals surface area contributed by atoms with Gasteiger partial charge in [0.15, 0.2) is 17.3 Å². The average molecular weight is 526 g/mol. The standard InChI is InChI=1S/C34H36FNO3/c1-4-22-17-21(9-15-27(22)34(38)24-12-10-23(11-13-24)31(37)5-2)18-26-7-6-8-28-29(20-36-33(26)28)25-14-16-32(39-3)30(35)19-25/h6-9,14-17,19-20,23-24,28H,4-5,10-13,18H2,1-3H3. The van der Waals surface area contributed by atoms with Gasteiger partial charge < -0.3 is 4.74 Å². The fourth-order valence-electron chi connectivity index (χ4n) is 6.24. The van der Waals surface area contributed by atoms with Crippen LogP contribution in [0.2, 0.25) is 0 Å². The Balaban J connectivity index is 1.28. The summed E-state index contributed by atoms with van der Waals surface area (Å²) in [5, 5.41) is 0. The fourth-order valence-corrected chi connectivity index (χ4v) is 6.24. The minimum Gasteiger partial charge on any atom is -0.494 e. The molecular formula is C34H36FNO3. The summed E-state index contributed by atoms with van der Waals surface area (Å²) in [4.78, 5) is 30.3. The number of nitrogens with zero attached hydrogens (tertiary/aromatic N) is 1. The molecule has 1 fully saturated rings. The van der Waals surface area contributed by atoms with E-state index in [1.54, 1.807) is 6.07 Å². The lowest BCUT2D eigenvalue weighted by molar-refractivity contribution is -0.123. The van der Waals surface area contributed by atoms with Gasteiger partial charge in [0.2, 0.25) is 0 Å². The van der Waals surface area contributed by atoms with E-state index in [-0.39, 0.29) is 35.1 Å². The number of ketones is 2. The highest BCUT2D eigenvalue weighted by molar-refractivity contribution is 6.13. The van der Waals surface area contributed by atoms with E-state index in [4.69, 9.17) is 9.73 Å². The summed E-state index contributed by atoms with van der Waals surface area (Å²) < 4.78 is 19.4. The van der Waals surface area contributed by atoms with Crippen LogP contribution < -0.4 is 4.74 Å². The molecule has 1 aliphatic heterocycles. The molecule has 3 aliphatic rings. The van der Waals surface area contributed by atoms with Crippen LogP contribution in [0.3, 0.4) is 0 Å². The van der Waals surface area contributed by atoms with Crippen LogP contribution in [0.5, 0.6) is 5.75 Å². The van der Waals surface area contributed by atoms with Crippen LogP contribution >= 0.6 is 0 Å². The summed E-state index contributed by atoms with van der Waals surface area (Å²) in [7, 11) is 1.46. The van der Waals surface area contributed by atoms with Crippen molar-refractivity contribution in [2.75, 3.05) is 7.11 Å². The smallest absolute Gasteiger partial charge is 0.166 e. The number of fused-ring (bicyclic) bond motifs is 1. The molecule has 5 rings (SSSR count). The molecule has 4 nitrogen and oxygen atoms in total. The van der Waals surface area contributed by atoms with Gasteiger partial charge in [-0.05, 0) is 78.5 Å². The summed E-state index contributed by atoms with van der Waals surface area (Å²) in [6, 6.07) is 11.3. The number of aliphatic imine (C=N–C) groups is 1. The van der Waals surface area contributed by atoms with Crippen molar-refractivity contribution < 1.29 is 18.7 Å². The number of rotatable bonds is 9. The van der Waals surface area contributed by atoms with Crippen molar-refractivity contribution in [3.05, 3.63) is 94.5 Å². The fraction of sp³-hybridized carbons (Fsp3) is 0.382. The summed E-state index contributed by atoms with van der Waals surface area (Å²) >= 11 is 0. The molecule has 0 amide bonds. The molecule has 1 heterocycles. The second-order valence-corrected chi connectivity index (χ2v) is 10.8. The Morgan fingerprint density at radius 3 is 2.49 bits per heavy atom. The van der Waals surface area contributed by atoms with E-state index in [1.807, 2.05) is 25.3 Å². The lowest BCUT2D eigenvalue weighted by atomic mass is 9.76. The number of carbonyl (C=O) groups is 2. The number of aryl methyl sites for hydroxylation is 1. The summed E-state index contributed by atoms with van der Waals surface area (Å²) in [5.74, 6) is 0.523. The molecule has 2 aliphatic carbocycles. The summed E-state index contributed by atoms with van der Waals surface area (Å²) in [6.07, 6.45) is 13.4. The Bertz CT molecular complexity index is 1410. The van der Waals surface area contributed by atoms with Crippen LogP contribution in [0.25, 0.3) is 5.57 Å². The molecule has 1 unspecified atom stereocenters. The maximum absolute atomic E-state index is 14.4. The molecule has 2 aromatic rings. The number of Topliss-reactive ketones (excluding diaryl/α,β-unsaturated/α-hetero) is 2. The lowest BCUT2D eigenvalue weighted by Gasteiger charge is -2.27. The van der Waals surface area contributed by atoms with Crippen LogP contribution in [0.4, 0.5) is 4.39 Å². The van der Waals surface area contributed by atoms with Gasteiger partial charge in [-0.2, -0.15) is 0 Å². The monoisotopic (exact) mass is 525 g/mol. The topological polar surface area (TPSA) is 55.7 Å². The maximum atomic E-state index is 14.4. The zero-order chi connectivity index (χ0) is 27.5. The molecule has 0 N–H and O–H groups in total. The Labute approximate surface area is 230 Å². The van der Waals surface area contributed by atoms with E-state index < -0.39 is 0 Å². The van der Waals surface area contributed by atoms with Crippen LogP contribution in [-0.2, 0) is 17.6 Å². The number of benzene rings is 2. The first-order valence-corrected chi connectivity index (χ1v) is 14.1. The van der Waals surface area contributed by atoms with E-state index >= 15 is 0 Å². The highest BCUT2D eigenvalue weighted by Gasteiger charge is 2.31. The predicted molar refractivity (Wildman–Crippen MR) is 154 cm³/mol. The van der Waals surface area contributed by atoms with Crippen molar-refractivity contribution in [1.29, 1.82) is 0 Å². The molecule has 2 aromatic carbocycles. The van der Waals surface area contributed by atoms with Crippen molar-refractivity contribution in [2.45, 2.75) is 58.8 Å². The highest BCUT2D eigenvalue weighted by Crippen LogP contribution is 2.38. The molecule has 39 heavy (non-hydrogen) atoms. The van der Waals surface area contributed by atoms with Crippen molar-refractivity contribution in [3.63, 3.8) is 0 Å². The first kappa shape index (κ1) is 27.0. The lowest BCUT2D eigenvalue weighted by Crippen LogP contribution is -2.26. The molecule has 0 aromatic heterocycles. The van der Waals surface area contributed by atoms with Crippen LogP contribution in [0.15, 0.2) is 71.4 Å². The van der Waals surface area contributed by atoms with Gasteiger partial charge in [-0.25, -0.2) is 4.39 Å². The second-order valence-electron chi connectivity index (χ2n) is 10.8. The Morgan fingerprint density at radius 2 is 1.79 bits per heavy atom. The zero-order valence-electron chi connectivity index (χ0n) is 23.0. The third-order valence-electron chi connectivity index (χ3n) is 8.50. The third kappa shape index (κ3) is 5.45. The van der Waals surface area contributed by atoms with Gasteiger partial charge in [-0.3, -0.25) is 14.6 Å². The van der Waals surface area contributed by atoms with Crippen molar-refractivity contribution in [3.8, 4) is 5.75 Å². The molecular weight excluding hydrogens is 489 g/mol. The van der Waals surface area contributed by atoms with E-state index in [0.717, 1.165) is 71.2 Å². The molecule has 202 valence electrons. The molecule has 1 atom stereocenters. The van der Waals surface area contributed by atoms with E-state index in [1.165, 1.54) is 13.2 Å². The number of methoxy groups -OCH3 is 1. The Kier molecular flexibility index (Phi) is 8.06. The van der Waals surface area contributed by atoms with Crippen LogP contribution in [0.1, 0.15) is 73.0 Å². The molecule has 5 heteroatoms. The number of carbonyl (C=O) groups excluding carboxylic acids is 2. The van der Waals surface area contributed by atoms with Gasteiger partial charge in [0, 0.05) is 35.9 Å². The maximum Gasteiger partial charge on any atom is 0.166 e. The number of halogens is 1. The normalized spacial score (nSPS) is 22.1.